The molecule has 1 amide bonds. The van der Waals surface area contributed by atoms with E-state index in [1.165, 1.54) is 36.8 Å². The van der Waals surface area contributed by atoms with E-state index < -0.39 is 0 Å². The Bertz CT molecular complexity index is 598. The molecule has 0 spiro atoms. The van der Waals surface area contributed by atoms with Gasteiger partial charge < -0.3 is 5.32 Å². The minimum absolute atomic E-state index is 0.178. The molecule has 0 unspecified atom stereocenters. The molecule has 1 saturated carbocycles. The SMILES string of the molecule is O=C(CSC1CCCC1)NCCC(c1ccccc1)c1ccccc1. The first-order chi connectivity index (χ1) is 12.3. The standard InChI is InChI=1S/C22H27NOS/c24-22(17-25-20-13-7-8-14-20)23-16-15-21(18-9-3-1-4-10-18)19-11-5-2-6-12-19/h1-6,9-12,20-21H,7-8,13-17H2,(H,23,24). The van der Waals surface area contributed by atoms with Crippen LogP contribution in [0.2, 0.25) is 0 Å². The molecule has 0 aromatic heterocycles. The van der Waals surface area contributed by atoms with Gasteiger partial charge in [-0.15, -0.1) is 11.8 Å². The van der Waals surface area contributed by atoms with Gasteiger partial charge in [-0.2, -0.15) is 0 Å². The molecule has 0 radical (unpaired) electrons. The van der Waals surface area contributed by atoms with Gasteiger partial charge in [0, 0.05) is 17.7 Å². The molecular formula is C22H27NOS. The van der Waals surface area contributed by atoms with Gasteiger partial charge in [0.05, 0.1) is 5.75 Å². The highest BCUT2D eigenvalue weighted by Gasteiger charge is 2.17. The molecule has 132 valence electrons. The first-order valence-electron chi connectivity index (χ1n) is 9.31. The van der Waals surface area contributed by atoms with E-state index in [0.717, 1.165) is 13.0 Å². The number of amides is 1. The molecule has 2 aromatic rings. The Morgan fingerprint density at radius 2 is 1.52 bits per heavy atom. The molecule has 0 atom stereocenters. The van der Waals surface area contributed by atoms with E-state index in [0.29, 0.717) is 16.9 Å². The van der Waals surface area contributed by atoms with Crippen LogP contribution in [0.25, 0.3) is 0 Å². The Hall–Kier alpha value is -1.74. The molecule has 25 heavy (non-hydrogen) atoms. The first-order valence-corrected chi connectivity index (χ1v) is 10.4. The summed E-state index contributed by atoms with van der Waals surface area (Å²) in [5.41, 5.74) is 2.62. The molecular weight excluding hydrogens is 326 g/mol. The highest BCUT2D eigenvalue weighted by atomic mass is 32.2. The Kier molecular flexibility index (Phi) is 6.99. The second kappa shape index (κ2) is 9.67. The highest BCUT2D eigenvalue weighted by Crippen LogP contribution is 2.29. The predicted octanol–water partition coefficient (Wildman–Crippen LogP) is 5.00. The minimum atomic E-state index is 0.178. The summed E-state index contributed by atoms with van der Waals surface area (Å²) in [5, 5.41) is 3.82. The second-order valence-electron chi connectivity index (χ2n) is 6.73. The third-order valence-electron chi connectivity index (χ3n) is 4.91. The van der Waals surface area contributed by atoms with Gasteiger partial charge in [0.2, 0.25) is 5.91 Å². The van der Waals surface area contributed by atoms with Gasteiger partial charge in [0.25, 0.3) is 0 Å². The molecule has 0 heterocycles. The van der Waals surface area contributed by atoms with Crippen molar-refractivity contribution in [2.24, 2.45) is 0 Å². The van der Waals surface area contributed by atoms with Gasteiger partial charge in [0.1, 0.15) is 0 Å². The Morgan fingerprint density at radius 1 is 0.960 bits per heavy atom. The summed E-state index contributed by atoms with van der Waals surface area (Å²) in [6, 6.07) is 21.1. The van der Waals surface area contributed by atoms with Crippen LogP contribution in [0.3, 0.4) is 0 Å². The van der Waals surface area contributed by atoms with E-state index in [1.807, 2.05) is 23.9 Å². The smallest absolute Gasteiger partial charge is 0.230 e. The second-order valence-corrected chi connectivity index (χ2v) is 8.02. The topological polar surface area (TPSA) is 29.1 Å². The molecule has 1 aliphatic carbocycles. The van der Waals surface area contributed by atoms with Crippen LogP contribution in [0, 0.1) is 0 Å². The molecule has 3 rings (SSSR count). The number of carbonyl (C=O) groups excluding carboxylic acids is 1. The monoisotopic (exact) mass is 353 g/mol. The van der Waals surface area contributed by atoms with E-state index in [2.05, 4.69) is 53.8 Å². The summed E-state index contributed by atoms with van der Waals surface area (Å²) in [7, 11) is 0. The summed E-state index contributed by atoms with van der Waals surface area (Å²) in [6.07, 6.45) is 6.14. The molecule has 0 bridgehead atoms. The van der Waals surface area contributed by atoms with Crippen LogP contribution in [0.4, 0.5) is 0 Å². The Balaban J connectivity index is 1.51. The van der Waals surface area contributed by atoms with Crippen LogP contribution in [-0.4, -0.2) is 23.5 Å². The number of rotatable bonds is 8. The average Bonchev–Trinajstić information content (AvgIpc) is 3.19. The molecule has 1 fully saturated rings. The van der Waals surface area contributed by atoms with Crippen molar-refractivity contribution in [3.05, 3.63) is 71.8 Å². The summed E-state index contributed by atoms with van der Waals surface area (Å²) in [4.78, 5) is 12.1. The van der Waals surface area contributed by atoms with E-state index in [9.17, 15) is 4.79 Å². The van der Waals surface area contributed by atoms with Crippen molar-refractivity contribution in [1.82, 2.24) is 5.32 Å². The highest BCUT2D eigenvalue weighted by molar-refractivity contribution is 8.00. The zero-order valence-corrected chi connectivity index (χ0v) is 15.5. The maximum absolute atomic E-state index is 12.1. The van der Waals surface area contributed by atoms with Crippen molar-refractivity contribution in [2.45, 2.75) is 43.3 Å². The van der Waals surface area contributed by atoms with Gasteiger partial charge in [-0.1, -0.05) is 73.5 Å². The summed E-state index contributed by atoms with van der Waals surface area (Å²) in [5.74, 6) is 1.10. The molecule has 0 saturated heterocycles. The van der Waals surface area contributed by atoms with Crippen LogP contribution in [-0.2, 0) is 4.79 Å². The fourth-order valence-electron chi connectivity index (χ4n) is 3.55. The van der Waals surface area contributed by atoms with Crippen molar-refractivity contribution in [3.63, 3.8) is 0 Å². The zero-order chi connectivity index (χ0) is 17.3. The third kappa shape index (κ3) is 5.64. The summed E-state index contributed by atoms with van der Waals surface area (Å²) >= 11 is 1.83. The number of carbonyl (C=O) groups is 1. The number of nitrogens with one attached hydrogen (secondary N) is 1. The third-order valence-corrected chi connectivity index (χ3v) is 6.28. The van der Waals surface area contributed by atoms with Gasteiger partial charge in [-0.25, -0.2) is 0 Å². The Morgan fingerprint density at radius 3 is 2.08 bits per heavy atom. The van der Waals surface area contributed by atoms with Crippen LogP contribution < -0.4 is 5.32 Å². The predicted molar refractivity (Wildman–Crippen MR) is 107 cm³/mol. The molecule has 0 aliphatic heterocycles. The van der Waals surface area contributed by atoms with Crippen LogP contribution in [0.15, 0.2) is 60.7 Å². The summed E-state index contributed by atoms with van der Waals surface area (Å²) in [6.45, 7) is 0.721. The molecule has 3 heteroatoms. The van der Waals surface area contributed by atoms with Crippen LogP contribution in [0.5, 0.6) is 0 Å². The van der Waals surface area contributed by atoms with E-state index in [4.69, 9.17) is 0 Å². The first kappa shape index (κ1) is 18.1. The maximum atomic E-state index is 12.1. The molecule has 1 N–H and O–H groups in total. The van der Waals surface area contributed by atoms with E-state index >= 15 is 0 Å². The van der Waals surface area contributed by atoms with Gasteiger partial charge in [0.15, 0.2) is 0 Å². The van der Waals surface area contributed by atoms with Gasteiger partial charge >= 0.3 is 0 Å². The summed E-state index contributed by atoms with van der Waals surface area (Å²) < 4.78 is 0. The van der Waals surface area contributed by atoms with Gasteiger partial charge in [-0.05, 0) is 30.4 Å². The Labute approximate surface area is 155 Å². The van der Waals surface area contributed by atoms with Crippen LogP contribution >= 0.6 is 11.8 Å². The molecule has 1 aliphatic rings. The fraction of sp³-hybridized carbons (Fsp3) is 0.409. The minimum Gasteiger partial charge on any atom is -0.355 e. The van der Waals surface area contributed by atoms with E-state index in [-0.39, 0.29) is 5.91 Å². The zero-order valence-electron chi connectivity index (χ0n) is 14.7. The lowest BCUT2D eigenvalue weighted by atomic mass is 9.88. The molecule has 2 nitrogen and oxygen atoms in total. The molecule has 2 aromatic carbocycles. The van der Waals surface area contributed by atoms with Gasteiger partial charge in [-0.3, -0.25) is 4.79 Å². The van der Waals surface area contributed by atoms with Crippen molar-refractivity contribution < 1.29 is 4.79 Å². The lowest BCUT2D eigenvalue weighted by molar-refractivity contribution is -0.118. The van der Waals surface area contributed by atoms with Crippen molar-refractivity contribution in [2.75, 3.05) is 12.3 Å². The number of hydrogen-bond acceptors (Lipinski definition) is 2. The maximum Gasteiger partial charge on any atom is 0.230 e. The van der Waals surface area contributed by atoms with Crippen molar-refractivity contribution in [3.8, 4) is 0 Å². The largest absolute Gasteiger partial charge is 0.355 e. The number of benzene rings is 2. The van der Waals surface area contributed by atoms with Crippen molar-refractivity contribution >= 4 is 17.7 Å². The van der Waals surface area contributed by atoms with E-state index in [1.54, 1.807) is 0 Å². The number of thioether (sulfide) groups is 1. The number of hydrogen-bond donors (Lipinski definition) is 1. The lowest BCUT2D eigenvalue weighted by Gasteiger charge is -2.18. The van der Waals surface area contributed by atoms with Crippen molar-refractivity contribution in [1.29, 1.82) is 0 Å². The average molecular weight is 354 g/mol. The fourth-order valence-corrected chi connectivity index (χ4v) is 4.71. The normalized spacial score (nSPS) is 14.8. The van der Waals surface area contributed by atoms with Crippen LogP contribution in [0.1, 0.15) is 49.1 Å². The quantitative estimate of drug-likeness (QED) is 0.723. The lowest BCUT2D eigenvalue weighted by Crippen LogP contribution is -2.28.